The zero-order valence-electron chi connectivity index (χ0n) is 13.9. The standard InChI is InChI=1S/C20H22O3/c1-4-8-15-14(3)16(11-12-20(22)23-5-2)17-9-6-7-10-18(17)19(15)13-21/h4,6-10,13H,5,11-12H2,1-3H3/b8-4-. The van der Waals surface area contributed by atoms with E-state index in [2.05, 4.69) is 0 Å². The average Bonchev–Trinajstić information content (AvgIpc) is 2.55. The lowest BCUT2D eigenvalue weighted by Crippen LogP contribution is -2.07. The van der Waals surface area contributed by atoms with Crippen molar-refractivity contribution >= 4 is 29.1 Å². The number of ether oxygens (including phenoxy) is 1. The maximum Gasteiger partial charge on any atom is 0.306 e. The second-order valence-electron chi connectivity index (χ2n) is 5.40. The molecule has 0 aliphatic rings. The van der Waals surface area contributed by atoms with Gasteiger partial charge in [-0.05, 0) is 54.7 Å². The molecule has 0 unspecified atom stereocenters. The van der Waals surface area contributed by atoms with Crippen LogP contribution >= 0.6 is 0 Å². The van der Waals surface area contributed by atoms with Crippen molar-refractivity contribution in [3.63, 3.8) is 0 Å². The number of carbonyl (C=O) groups is 2. The van der Waals surface area contributed by atoms with Gasteiger partial charge in [-0.3, -0.25) is 9.59 Å². The Bertz CT molecular complexity index is 757. The van der Waals surface area contributed by atoms with Crippen LogP contribution in [0.3, 0.4) is 0 Å². The van der Waals surface area contributed by atoms with E-state index >= 15 is 0 Å². The Morgan fingerprint density at radius 2 is 1.87 bits per heavy atom. The number of carbonyl (C=O) groups excluding carboxylic acids is 2. The van der Waals surface area contributed by atoms with Gasteiger partial charge < -0.3 is 4.74 Å². The molecule has 0 aliphatic heterocycles. The van der Waals surface area contributed by atoms with E-state index in [0.29, 0.717) is 25.0 Å². The third-order valence-electron chi connectivity index (χ3n) is 4.02. The minimum Gasteiger partial charge on any atom is -0.466 e. The Kier molecular flexibility index (Phi) is 5.69. The van der Waals surface area contributed by atoms with E-state index in [1.165, 1.54) is 0 Å². The number of aryl methyl sites for hydroxylation is 1. The Labute approximate surface area is 137 Å². The van der Waals surface area contributed by atoms with Crippen molar-refractivity contribution in [1.29, 1.82) is 0 Å². The first-order valence-electron chi connectivity index (χ1n) is 7.91. The van der Waals surface area contributed by atoms with Gasteiger partial charge in [0.25, 0.3) is 0 Å². The fraction of sp³-hybridized carbons (Fsp3) is 0.300. The van der Waals surface area contributed by atoms with E-state index < -0.39 is 0 Å². The lowest BCUT2D eigenvalue weighted by Gasteiger charge is -2.16. The molecule has 3 nitrogen and oxygen atoms in total. The molecular formula is C20H22O3. The molecule has 0 spiro atoms. The van der Waals surface area contributed by atoms with Gasteiger partial charge in [-0.15, -0.1) is 0 Å². The van der Waals surface area contributed by atoms with Crippen molar-refractivity contribution in [2.75, 3.05) is 6.61 Å². The second-order valence-corrected chi connectivity index (χ2v) is 5.40. The van der Waals surface area contributed by atoms with Crippen LogP contribution in [0.1, 0.15) is 47.3 Å². The summed E-state index contributed by atoms with van der Waals surface area (Å²) in [7, 11) is 0. The van der Waals surface area contributed by atoms with Gasteiger partial charge in [0.05, 0.1) is 6.61 Å². The number of allylic oxidation sites excluding steroid dienone is 1. The van der Waals surface area contributed by atoms with Gasteiger partial charge in [0.1, 0.15) is 0 Å². The highest BCUT2D eigenvalue weighted by Gasteiger charge is 2.15. The Hall–Kier alpha value is -2.42. The molecule has 3 heteroatoms. The van der Waals surface area contributed by atoms with Crippen LogP contribution in [0.15, 0.2) is 30.3 Å². The smallest absolute Gasteiger partial charge is 0.306 e. The van der Waals surface area contributed by atoms with Crippen molar-refractivity contribution in [3.05, 3.63) is 52.6 Å². The molecule has 0 radical (unpaired) electrons. The lowest BCUT2D eigenvalue weighted by atomic mass is 9.88. The number of fused-ring (bicyclic) bond motifs is 1. The van der Waals surface area contributed by atoms with Gasteiger partial charge in [0.2, 0.25) is 0 Å². The number of esters is 1. The zero-order valence-corrected chi connectivity index (χ0v) is 13.9. The van der Waals surface area contributed by atoms with E-state index in [1.54, 1.807) is 0 Å². The summed E-state index contributed by atoms with van der Waals surface area (Å²) >= 11 is 0. The first kappa shape index (κ1) is 16.9. The molecule has 0 aliphatic carbocycles. The van der Waals surface area contributed by atoms with Gasteiger partial charge in [0.15, 0.2) is 6.29 Å². The summed E-state index contributed by atoms with van der Waals surface area (Å²) in [5.74, 6) is -0.192. The van der Waals surface area contributed by atoms with Crippen LogP contribution in [0, 0.1) is 6.92 Å². The third-order valence-corrected chi connectivity index (χ3v) is 4.02. The minimum atomic E-state index is -0.192. The predicted molar refractivity (Wildman–Crippen MR) is 93.7 cm³/mol. The molecule has 0 bridgehead atoms. The van der Waals surface area contributed by atoms with Crippen molar-refractivity contribution in [3.8, 4) is 0 Å². The molecular weight excluding hydrogens is 288 g/mol. The Balaban J connectivity index is 2.60. The molecule has 2 rings (SSSR count). The number of aldehydes is 1. The maximum atomic E-state index is 11.7. The number of rotatable bonds is 6. The van der Waals surface area contributed by atoms with Crippen molar-refractivity contribution < 1.29 is 14.3 Å². The second kappa shape index (κ2) is 7.73. The summed E-state index contributed by atoms with van der Waals surface area (Å²) in [4.78, 5) is 23.3. The molecule has 0 atom stereocenters. The molecule has 0 heterocycles. The largest absolute Gasteiger partial charge is 0.466 e. The molecule has 0 N–H and O–H groups in total. The number of hydrogen-bond donors (Lipinski definition) is 0. The van der Waals surface area contributed by atoms with E-state index in [-0.39, 0.29) is 5.97 Å². The van der Waals surface area contributed by atoms with Gasteiger partial charge in [-0.25, -0.2) is 0 Å². The van der Waals surface area contributed by atoms with Crippen molar-refractivity contribution in [2.24, 2.45) is 0 Å². The van der Waals surface area contributed by atoms with E-state index in [1.807, 2.05) is 57.2 Å². The molecule has 0 amide bonds. The van der Waals surface area contributed by atoms with Crippen LogP contribution < -0.4 is 0 Å². The first-order chi connectivity index (χ1) is 11.1. The topological polar surface area (TPSA) is 43.4 Å². The average molecular weight is 310 g/mol. The van der Waals surface area contributed by atoms with Crippen LogP contribution in [0.5, 0.6) is 0 Å². The molecule has 0 aromatic heterocycles. The highest BCUT2D eigenvalue weighted by Crippen LogP contribution is 2.31. The summed E-state index contributed by atoms with van der Waals surface area (Å²) in [6, 6.07) is 7.85. The molecule has 2 aromatic carbocycles. The molecule has 23 heavy (non-hydrogen) atoms. The van der Waals surface area contributed by atoms with Crippen LogP contribution in [0.4, 0.5) is 0 Å². The first-order valence-corrected chi connectivity index (χ1v) is 7.91. The molecule has 0 saturated heterocycles. The monoisotopic (exact) mass is 310 g/mol. The van der Waals surface area contributed by atoms with Crippen LogP contribution in [-0.2, 0) is 16.0 Å². The molecule has 0 fully saturated rings. The van der Waals surface area contributed by atoms with Crippen molar-refractivity contribution in [1.82, 2.24) is 0 Å². The quantitative estimate of drug-likeness (QED) is 0.583. The lowest BCUT2D eigenvalue weighted by molar-refractivity contribution is -0.143. The summed E-state index contributed by atoms with van der Waals surface area (Å²) in [5.41, 5.74) is 3.79. The minimum absolute atomic E-state index is 0.192. The molecule has 0 saturated carbocycles. The van der Waals surface area contributed by atoms with Crippen LogP contribution in [0.2, 0.25) is 0 Å². The number of benzene rings is 2. The molecule has 2 aromatic rings. The summed E-state index contributed by atoms with van der Waals surface area (Å²) in [6.45, 7) is 6.14. The normalized spacial score (nSPS) is 11.1. The van der Waals surface area contributed by atoms with Crippen LogP contribution in [0.25, 0.3) is 16.8 Å². The predicted octanol–water partition coefficient (Wildman–Crippen LogP) is 4.49. The Morgan fingerprint density at radius 3 is 2.48 bits per heavy atom. The van der Waals surface area contributed by atoms with E-state index in [0.717, 1.165) is 33.7 Å². The van der Waals surface area contributed by atoms with E-state index in [4.69, 9.17) is 4.74 Å². The summed E-state index contributed by atoms with van der Waals surface area (Å²) in [5, 5.41) is 1.96. The summed E-state index contributed by atoms with van der Waals surface area (Å²) in [6.07, 6.45) is 5.75. The number of hydrogen-bond acceptors (Lipinski definition) is 3. The SMILES string of the molecule is C/C=C\c1c(C)c(CCC(=O)OCC)c2ccccc2c1C=O. The highest BCUT2D eigenvalue weighted by atomic mass is 16.5. The zero-order chi connectivity index (χ0) is 16.8. The van der Waals surface area contributed by atoms with E-state index in [9.17, 15) is 9.59 Å². The van der Waals surface area contributed by atoms with Gasteiger partial charge >= 0.3 is 5.97 Å². The summed E-state index contributed by atoms with van der Waals surface area (Å²) < 4.78 is 5.03. The molecule has 120 valence electrons. The van der Waals surface area contributed by atoms with Crippen molar-refractivity contribution in [2.45, 2.75) is 33.6 Å². The van der Waals surface area contributed by atoms with Gasteiger partial charge in [0, 0.05) is 12.0 Å². The third kappa shape index (κ3) is 3.50. The highest BCUT2D eigenvalue weighted by molar-refractivity contribution is 6.04. The van der Waals surface area contributed by atoms with Gasteiger partial charge in [-0.1, -0.05) is 36.4 Å². The maximum absolute atomic E-state index is 11.7. The fourth-order valence-electron chi connectivity index (χ4n) is 2.98. The van der Waals surface area contributed by atoms with Crippen LogP contribution in [-0.4, -0.2) is 18.9 Å². The van der Waals surface area contributed by atoms with Gasteiger partial charge in [-0.2, -0.15) is 0 Å². The fourth-order valence-corrected chi connectivity index (χ4v) is 2.98. The Morgan fingerprint density at radius 1 is 1.17 bits per heavy atom.